The van der Waals surface area contributed by atoms with E-state index in [1.54, 1.807) is 0 Å². The molecule has 0 unspecified atom stereocenters. The van der Waals surface area contributed by atoms with Gasteiger partial charge in [-0.15, -0.1) is 0 Å². The van der Waals surface area contributed by atoms with Gasteiger partial charge in [0.05, 0.1) is 6.61 Å². The van der Waals surface area contributed by atoms with Crippen molar-refractivity contribution in [3.63, 3.8) is 0 Å². The van der Waals surface area contributed by atoms with Crippen LogP contribution in [-0.2, 0) is 0 Å². The number of hydrogen-bond acceptors (Lipinski definition) is 3. The Morgan fingerprint density at radius 3 is 2.41 bits per heavy atom. The molecule has 1 heterocycles. The molecule has 1 rings (SSSR count). The highest BCUT2D eigenvalue weighted by molar-refractivity contribution is 4.93. The fourth-order valence-corrected chi connectivity index (χ4v) is 2.36. The summed E-state index contributed by atoms with van der Waals surface area (Å²) in [6.07, 6.45) is 4.78. The summed E-state index contributed by atoms with van der Waals surface area (Å²) in [5.41, 5.74) is 1.42. The van der Waals surface area contributed by atoms with Gasteiger partial charge < -0.3 is 5.11 Å². The molecule has 1 N–H and O–H groups in total. The number of nitrogens with zero attached hydrogens (tertiary/aromatic N) is 2. The van der Waals surface area contributed by atoms with Crippen LogP contribution in [0.1, 0.15) is 33.6 Å². The maximum absolute atomic E-state index is 8.90. The third-order valence-corrected chi connectivity index (χ3v) is 3.58. The average Bonchev–Trinajstić information content (AvgIpc) is 2.30. The molecule has 3 nitrogen and oxygen atoms in total. The van der Waals surface area contributed by atoms with E-state index in [0.29, 0.717) is 6.04 Å². The number of aliphatic hydroxyl groups is 1. The summed E-state index contributed by atoms with van der Waals surface area (Å²) >= 11 is 0. The first-order valence-electron chi connectivity index (χ1n) is 6.84. The summed E-state index contributed by atoms with van der Waals surface area (Å²) in [5, 5.41) is 8.90. The molecule has 1 aliphatic rings. The normalized spacial score (nSPS) is 20.2. The Bertz CT molecular complexity index is 228. The molecule has 0 aromatic heterocycles. The minimum absolute atomic E-state index is 0.288. The molecular weight excluding hydrogens is 212 g/mol. The lowest BCUT2D eigenvalue weighted by atomic mass is 10.1. The first-order chi connectivity index (χ1) is 8.13. The zero-order valence-electron chi connectivity index (χ0n) is 11.7. The van der Waals surface area contributed by atoms with Crippen molar-refractivity contribution in [1.29, 1.82) is 0 Å². The predicted molar refractivity (Wildman–Crippen MR) is 73.2 cm³/mol. The molecule has 100 valence electrons. The maximum atomic E-state index is 8.90. The highest BCUT2D eigenvalue weighted by Gasteiger charge is 2.19. The topological polar surface area (TPSA) is 26.7 Å². The van der Waals surface area contributed by atoms with Gasteiger partial charge in [0.1, 0.15) is 0 Å². The zero-order valence-corrected chi connectivity index (χ0v) is 11.7. The van der Waals surface area contributed by atoms with Gasteiger partial charge in [0.25, 0.3) is 0 Å². The lowest BCUT2D eigenvalue weighted by molar-refractivity contribution is 0.0864. The molecule has 0 aromatic carbocycles. The molecule has 17 heavy (non-hydrogen) atoms. The summed E-state index contributed by atoms with van der Waals surface area (Å²) in [7, 11) is 0. The Hall–Kier alpha value is -0.380. The molecule has 0 saturated carbocycles. The number of β-amino-alcohol motifs (C(OH)–C–C–N with tert-alkyl or cyclic N) is 1. The summed E-state index contributed by atoms with van der Waals surface area (Å²) < 4.78 is 0. The van der Waals surface area contributed by atoms with Crippen molar-refractivity contribution >= 4 is 0 Å². The van der Waals surface area contributed by atoms with Crippen LogP contribution in [0.3, 0.4) is 0 Å². The van der Waals surface area contributed by atoms with Crippen LogP contribution in [0.5, 0.6) is 0 Å². The van der Waals surface area contributed by atoms with E-state index in [-0.39, 0.29) is 6.61 Å². The largest absolute Gasteiger partial charge is 0.395 e. The number of hydrogen-bond donors (Lipinski definition) is 1. The second kappa shape index (κ2) is 7.85. The van der Waals surface area contributed by atoms with Crippen molar-refractivity contribution in [3.8, 4) is 0 Å². The van der Waals surface area contributed by atoms with Gasteiger partial charge in [-0.1, -0.05) is 11.6 Å². The summed E-state index contributed by atoms with van der Waals surface area (Å²) in [4.78, 5) is 4.92. The van der Waals surface area contributed by atoms with E-state index in [0.717, 1.165) is 32.7 Å². The second-order valence-electron chi connectivity index (χ2n) is 5.31. The van der Waals surface area contributed by atoms with Gasteiger partial charge in [0.15, 0.2) is 0 Å². The fraction of sp³-hybridized carbons (Fsp3) is 0.857. The number of allylic oxidation sites excluding steroid dienone is 2. The minimum atomic E-state index is 0.288. The Kier molecular flexibility index (Phi) is 6.78. The zero-order chi connectivity index (χ0) is 12.7. The van der Waals surface area contributed by atoms with Gasteiger partial charge in [-0.05, 0) is 33.6 Å². The number of piperazine rings is 1. The molecule has 3 heteroatoms. The standard InChI is InChI=1S/C14H28N2O/c1-13(2)5-4-6-14(3)16-9-7-15(8-10-16)11-12-17/h5,14,17H,4,6-12H2,1-3H3/t14-/m0/s1. The van der Waals surface area contributed by atoms with Gasteiger partial charge >= 0.3 is 0 Å². The maximum Gasteiger partial charge on any atom is 0.0558 e. The smallest absolute Gasteiger partial charge is 0.0558 e. The number of rotatable bonds is 6. The van der Waals surface area contributed by atoms with Crippen molar-refractivity contribution in [2.24, 2.45) is 0 Å². The lowest BCUT2D eigenvalue weighted by Gasteiger charge is -2.37. The Labute approximate surface area is 106 Å². The van der Waals surface area contributed by atoms with Crippen LogP contribution >= 0.6 is 0 Å². The SMILES string of the molecule is CC(C)=CCC[C@H](C)N1CCN(CCO)CC1. The van der Waals surface area contributed by atoms with Gasteiger partial charge in [0.2, 0.25) is 0 Å². The first-order valence-corrected chi connectivity index (χ1v) is 6.84. The molecule has 1 fully saturated rings. The van der Waals surface area contributed by atoms with E-state index in [4.69, 9.17) is 5.11 Å². The van der Waals surface area contributed by atoms with Gasteiger partial charge in [0, 0.05) is 38.8 Å². The Morgan fingerprint density at radius 1 is 1.24 bits per heavy atom. The van der Waals surface area contributed by atoms with E-state index >= 15 is 0 Å². The quantitative estimate of drug-likeness (QED) is 0.716. The summed E-state index contributed by atoms with van der Waals surface area (Å²) in [6, 6.07) is 0.682. The van der Waals surface area contributed by atoms with E-state index in [1.165, 1.54) is 18.4 Å². The van der Waals surface area contributed by atoms with E-state index in [9.17, 15) is 0 Å². The van der Waals surface area contributed by atoms with E-state index in [2.05, 4.69) is 36.6 Å². The van der Waals surface area contributed by atoms with Crippen LogP contribution in [0.4, 0.5) is 0 Å². The molecule has 0 bridgehead atoms. The Balaban J connectivity index is 2.21. The summed E-state index contributed by atoms with van der Waals surface area (Å²) in [6.45, 7) is 12.3. The lowest BCUT2D eigenvalue weighted by Crippen LogP contribution is -2.50. The molecule has 1 atom stereocenters. The van der Waals surface area contributed by atoms with Gasteiger partial charge in [-0.2, -0.15) is 0 Å². The highest BCUT2D eigenvalue weighted by atomic mass is 16.3. The van der Waals surface area contributed by atoms with E-state index < -0.39 is 0 Å². The van der Waals surface area contributed by atoms with Crippen molar-refractivity contribution in [1.82, 2.24) is 9.80 Å². The summed E-state index contributed by atoms with van der Waals surface area (Å²) in [5.74, 6) is 0. The van der Waals surface area contributed by atoms with E-state index in [1.807, 2.05) is 0 Å². The van der Waals surface area contributed by atoms with Gasteiger partial charge in [-0.25, -0.2) is 0 Å². The predicted octanol–water partition coefficient (Wildman–Crippen LogP) is 1.73. The molecule has 1 saturated heterocycles. The van der Waals surface area contributed by atoms with Crippen LogP contribution < -0.4 is 0 Å². The molecule has 0 radical (unpaired) electrons. The van der Waals surface area contributed by atoms with Crippen LogP contribution in [-0.4, -0.2) is 60.3 Å². The second-order valence-corrected chi connectivity index (χ2v) is 5.31. The molecule has 0 amide bonds. The molecule has 0 aromatic rings. The van der Waals surface area contributed by atoms with Crippen molar-refractivity contribution in [3.05, 3.63) is 11.6 Å². The third-order valence-electron chi connectivity index (χ3n) is 3.58. The third kappa shape index (κ3) is 5.66. The minimum Gasteiger partial charge on any atom is -0.395 e. The van der Waals surface area contributed by atoms with Crippen molar-refractivity contribution in [2.45, 2.75) is 39.7 Å². The fourth-order valence-electron chi connectivity index (χ4n) is 2.36. The first kappa shape index (κ1) is 14.7. The highest BCUT2D eigenvalue weighted by Crippen LogP contribution is 2.11. The van der Waals surface area contributed by atoms with Crippen LogP contribution in [0.2, 0.25) is 0 Å². The van der Waals surface area contributed by atoms with Crippen LogP contribution in [0.25, 0.3) is 0 Å². The van der Waals surface area contributed by atoms with Gasteiger partial charge in [-0.3, -0.25) is 9.80 Å². The number of aliphatic hydroxyl groups excluding tert-OH is 1. The molecule has 0 spiro atoms. The molecular formula is C14H28N2O. The monoisotopic (exact) mass is 240 g/mol. The molecule has 1 aliphatic heterocycles. The Morgan fingerprint density at radius 2 is 1.88 bits per heavy atom. The van der Waals surface area contributed by atoms with Crippen molar-refractivity contribution in [2.75, 3.05) is 39.3 Å². The van der Waals surface area contributed by atoms with Crippen LogP contribution in [0, 0.1) is 0 Å². The molecule has 0 aliphatic carbocycles. The average molecular weight is 240 g/mol. The van der Waals surface area contributed by atoms with Crippen molar-refractivity contribution < 1.29 is 5.11 Å². The van der Waals surface area contributed by atoms with Crippen LogP contribution in [0.15, 0.2) is 11.6 Å².